The van der Waals surface area contributed by atoms with Crippen LogP contribution >= 0.6 is 11.6 Å². The van der Waals surface area contributed by atoms with Crippen LogP contribution in [0.5, 0.6) is 0 Å². The number of halogens is 1. The van der Waals surface area contributed by atoms with E-state index in [-0.39, 0.29) is 17.5 Å². The number of sulfonamides is 1. The highest BCUT2D eigenvalue weighted by Gasteiger charge is 2.37. The van der Waals surface area contributed by atoms with Crippen LogP contribution in [0.25, 0.3) is 0 Å². The number of fused-ring (bicyclic) bond motifs is 1. The van der Waals surface area contributed by atoms with Crippen LogP contribution in [0.3, 0.4) is 0 Å². The molecule has 0 bridgehead atoms. The molecule has 9 heteroatoms. The van der Waals surface area contributed by atoms with Crippen LogP contribution < -0.4 is 4.31 Å². The molecule has 4 aromatic rings. The second kappa shape index (κ2) is 12.8. The Kier molecular flexibility index (Phi) is 8.70. The van der Waals surface area contributed by atoms with E-state index in [1.54, 1.807) is 17.0 Å². The van der Waals surface area contributed by atoms with Crippen LogP contribution in [0.15, 0.2) is 114 Å². The molecule has 0 radical (unpaired) electrons. The van der Waals surface area contributed by atoms with Crippen LogP contribution in [0.2, 0.25) is 5.02 Å². The second-order valence-corrected chi connectivity index (χ2v) is 13.2. The Labute approximate surface area is 258 Å². The van der Waals surface area contributed by atoms with Crippen molar-refractivity contribution in [2.24, 2.45) is 0 Å². The molecule has 222 valence electrons. The molecular weight excluding hydrogens is 582 g/mol. The van der Waals surface area contributed by atoms with E-state index >= 15 is 0 Å². The lowest BCUT2D eigenvalue weighted by atomic mass is 9.96. The number of anilines is 1. The van der Waals surface area contributed by atoms with Crippen molar-refractivity contribution in [3.63, 3.8) is 0 Å². The first-order chi connectivity index (χ1) is 20.9. The number of piperazine rings is 1. The number of hydrogen-bond donors (Lipinski definition) is 0. The lowest BCUT2D eigenvalue weighted by molar-refractivity contribution is 0.0650. The van der Waals surface area contributed by atoms with E-state index < -0.39 is 22.2 Å². The van der Waals surface area contributed by atoms with Crippen molar-refractivity contribution in [2.75, 3.05) is 37.1 Å². The molecule has 6 rings (SSSR count). The first-order valence-electron chi connectivity index (χ1n) is 14.6. The van der Waals surface area contributed by atoms with E-state index in [4.69, 9.17) is 16.3 Å². The molecule has 43 heavy (non-hydrogen) atoms. The van der Waals surface area contributed by atoms with E-state index in [0.29, 0.717) is 49.7 Å². The SMILES string of the molecule is O=C(OCC1CCc2ccccc2N1S(=O)(=O)c1ccc(Cl)cc1)N1CCN(C(c2ccccc2)c2ccccc2)CC1. The van der Waals surface area contributed by atoms with Crippen LogP contribution in [0.4, 0.5) is 10.5 Å². The van der Waals surface area contributed by atoms with Gasteiger partial charge in [0.25, 0.3) is 10.0 Å². The fourth-order valence-corrected chi connectivity index (χ4v) is 7.91. The molecule has 2 aliphatic heterocycles. The minimum Gasteiger partial charge on any atom is -0.447 e. The Morgan fingerprint density at radius 1 is 0.791 bits per heavy atom. The van der Waals surface area contributed by atoms with Crippen molar-refractivity contribution in [1.82, 2.24) is 9.80 Å². The third-order valence-corrected chi connectivity index (χ3v) is 10.4. The number of amides is 1. The van der Waals surface area contributed by atoms with E-state index in [9.17, 15) is 13.2 Å². The zero-order valence-corrected chi connectivity index (χ0v) is 25.3. The molecule has 1 atom stereocenters. The molecule has 2 heterocycles. The molecule has 0 aliphatic carbocycles. The first kappa shape index (κ1) is 29.2. The van der Waals surface area contributed by atoms with Gasteiger partial charge in [-0.25, -0.2) is 13.2 Å². The lowest BCUT2D eigenvalue weighted by Crippen LogP contribution is -2.51. The Balaban J connectivity index is 1.14. The molecular formula is C34H34ClN3O4S. The number of rotatable bonds is 7. The van der Waals surface area contributed by atoms with Crippen LogP contribution in [0, 0.1) is 0 Å². The Hall–Kier alpha value is -3.85. The number of para-hydroxylation sites is 1. The number of ether oxygens (including phenoxy) is 1. The molecule has 1 fully saturated rings. The third-order valence-electron chi connectivity index (χ3n) is 8.25. The maximum atomic E-state index is 13.9. The fourth-order valence-electron chi connectivity index (χ4n) is 6.08. The molecule has 1 saturated heterocycles. The lowest BCUT2D eigenvalue weighted by Gasteiger charge is -2.40. The summed E-state index contributed by atoms with van der Waals surface area (Å²) in [5.74, 6) is 0. The summed E-state index contributed by atoms with van der Waals surface area (Å²) in [6, 6.07) is 34.0. The standard InChI is InChI=1S/C34H34ClN3O4S/c35-29-16-19-31(20-17-29)43(40,41)38-30(18-15-26-9-7-8-14-32(26)38)25-42-34(39)37-23-21-36(22-24-37)33(27-10-3-1-4-11-27)28-12-5-2-6-13-28/h1-14,16-17,19-20,30,33H,15,18,21-25H2. The van der Waals surface area contributed by atoms with Gasteiger partial charge in [-0.15, -0.1) is 0 Å². The highest BCUT2D eigenvalue weighted by Crippen LogP contribution is 2.36. The van der Waals surface area contributed by atoms with E-state index in [1.807, 2.05) is 36.4 Å². The molecule has 1 amide bonds. The Morgan fingerprint density at radius 3 is 2.00 bits per heavy atom. The molecule has 0 spiro atoms. The van der Waals surface area contributed by atoms with Crippen LogP contribution in [-0.2, 0) is 21.2 Å². The van der Waals surface area contributed by atoms with Gasteiger partial charge in [-0.1, -0.05) is 90.5 Å². The van der Waals surface area contributed by atoms with Crippen LogP contribution in [-0.4, -0.2) is 63.1 Å². The average Bonchev–Trinajstić information content (AvgIpc) is 3.05. The molecule has 0 saturated carbocycles. The van der Waals surface area contributed by atoms with Crippen molar-refractivity contribution in [3.05, 3.63) is 131 Å². The third kappa shape index (κ3) is 6.27. The molecule has 2 aliphatic rings. The summed E-state index contributed by atoms with van der Waals surface area (Å²) >= 11 is 6.03. The Bertz CT molecular complexity index is 1600. The fraction of sp³-hybridized carbons (Fsp3) is 0.265. The number of nitrogens with zero attached hydrogens (tertiary/aromatic N) is 3. The maximum Gasteiger partial charge on any atom is 0.409 e. The quantitative estimate of drug-likeness (QED) is 0.241. The summed E-state index contributed by atoms with van der Waals surface area (Å²) in [5, 5.41) is 0.461. The van der Waals surface area contributed by atoms with Gasteiger partial charge in [-0.2, -0.15) is 0 Å². The summed E-state index contributed by atoms with van der Waals surface area (Å²) in [4.78, 5) is 17.5. The van der Waals surface area contributed by atoms with Gasteiger partial charge in [0, 0.05) is 31.2 Å². The molecule has 1 unspecified atom stereocenters. The maximum absolute atomic E-state index is 13.9. The minimum absolute atomic E-state index is 0.0309. The average molecular weight is 616 g/mol. The minimum atomic E-state index is -3.92. The number of benzene rings is 4. The van der Waals surface area contributed by atoms with Crippen molar-refractivity contribution in [2.45, 2.75) is 29.8 Å². The van der Waals surface area contributed by atoms with Crippen molar-refractivity contribution < 1.29 is 17.9 Å². The van der Waals surface area contributed by atoms with E-state index in [0.717, 1.165) is 5.56 Å². The monoisotopic (exact) mass is 615 g/mol. The van der Waals surface area contributed by atoms with Crippen molar-refractivity contribution in [1.29, 1.82) is 0 Å². The van der Waals surface area contributed by atoms with E-state index in [1.165, 1.54) is 27.6 Å². The van der Waals surface area contributed by atoms with Gasteiger partial charge in [-0.05, 0) is 59.9 Å². The normalized spacial score (nSPS) is 17.5. The number of carbonyl (C=O) groups excluding carboxylic acids is 1. The highest BCUT2D eigenvalue weighted by molar-refractivity contribution is 7.92. The largest absolute Gasteiger partial charge is 0.447 e. The Morgan fingerprint density at radius 2 is 1.37 bits per heavy atom. The van der Waals surface area contributed by atoms with Gasteiger partial charge in [0.2, 0.25) is 0 Å². The molecule has 7 nitrogen and oxygen atoms in total. The number of aryl methyl sites for hydroxylation is 1. The second-order valence-electron chi connectivity index (χ2n) is 10.9. The van der Waals surface area contributed by atoms with Gasteiger partial charge in [0.15, 0.2) is 0 Å². The zero-order valence-electron chi connectivity index (χ0n) is 23.8. The van der Waals surface area contributed by atoms with Gasteiger partial charge in [-0.3, -0.25) is 9.21 Å². The van der Waals surface area contributed by atoms with Crippen LogP contribution in [0.1, 0.15) is 29.2 Å². The number of hydrogen-bond acceptors (Lipinski definition) is 5. The van der Waals surface area contributed by atoms with E-state index in [2.05, 4.69) is 53.4 Å². The van der Waals surface area contributed by atoms with Crippen molar-refractivity contribution >= 4 is 33.4 Å². The predicted molar refractivity (Wildman–Crippen MR) is 169 cm³/mol. The molecule has 0 aromatic heterocycles. The van der Waals surface area contributed by atoms with Gasteiger partial charge >= 0.3 is 6.09 Å². The molecule has 0 N–H and O–H groups in total. The predicted octanol–water partition coefficient (Wildman–Crippen LogP) is 6.39. The summed E-state index contributed by atoms with van der Waals surface area (Å²) in [5.41, 5.74) is 3.99. The smallest absolute Gasteiger partial charge is 0.409 e. The zero-order chi connectivity index (χ0) is 29.8. The van der Waals surface area contributed by atoms with Gasteiger partial charge in [0.05, 0.1) is 22.7 Å². The van der Waals surface area contributed by atoms with Crippen molar-refractivity contribution in [3.8, 4) is 0 Å². The summed E-state index contributed by atoms with van der Waals surface area (Å²) in [6.45, 7) is 2.40. The van der Waals surface area contributed by atoms with Gasteiger partial charge < -0.3 is 9.64 Å². The topological polar surface area (TPSA) is 70.2 Å². The van der Waals surface area contributed by atoms with Gasteiger partial charge in [0.1, 0.15) is 6.61 Å². The highest BCUT2D eigenvalue weighted by atomic mass is 35.5. The summed E-state index contributed by atoms with van der Waals surface area (Å²) in [6.07, 6.45) is 0.823. The number of carbonyl (C=O) groups is 1. The molecule has 4 aromatic carbocycles. The summed E-state index contributed by atoms with van der Waals surface area (Å²) < 4.78 is 35.0. The first-order valence-corrected chi connectivity index (χ1v) is 16.4. The summed E-state index contributed by atoms with van der Waals surface area (Å²) in [7, 11) is -3.92.